The number of nitrogens with zero attached hydrogens (tertiary/aromatic N) is 2. The number of rotatable bonds is 9. The van der Waals surface area contributed by atoms with Crippen LogP contribution in [0.25, 0.3) is 0 Å². The fourth-order valence-electron chi connectivity index (χ4n) is 3.60. The molecule has 5 nitrogen and oxygen atoms in total. The van der Waals surface area contributed by atoms with Crippen molar-refractivity contribution in [2.45, 2.75) is 60.9 Å². The number of aromatic nitrogens is 1. The smallest absolute Gasteiger partial charge is 0.244 e. The molecule has 162 valence electrons. The standard InChI is InChI=1S/C22H27FN2O3S2/c1-25(19-6-3-2-4-7-19)30(27,28)20-13-14-22(24-16-20)29-15-5-8-21(26)17-9-11-18(23)12-10-17/h9-14,16,19H,2-8,15H2,1H3. The Balaban J connectivity index is 1.49. The van der Waals surface area contributed by atoms with Gasteiger partial charge in [-0.25, -0.2) is 17.8 Å². The Bertz CT molecular complexity index is 941. The Kier molecular flexibility index (Phi) is 8.02. The first kappa shape index (κ1) is 22.9. The van der Waals surface area contributed by atoms with E-state index in [1.54, 1.807) is 19.2 Å². The van der Waals surface area contributed by atoms with Crippen molar-refractivity contribution in [2.24, 2.45) is 0 Å². The van der Waals surface area contributed by atoms with Crippen LogP contribution in [0.1, 0.15) is 55.3 Å². The van der Waals surface area contributed by atoms with Gasteiger partial charge in [0.1, 0.15) is 10.7 Å². The van der Waals surface area contributed by atoms with Gasteiger partial charge in [-0.2, -0.15) is 4.31 Å². The van der Waals surface area contributed by atoms with E-state index >= 15 is 0 Å². The largest absolute Gasteiger partial charge is 0.294 e. The van der Waals surface area contributed by atoms with Crippen LogP contribution < -0.4 is 0 Å². The summed E-state index contributed by atoms with van der Waals surface area (Å²) in [5.41, 5.74) is 0.510. The minimum Gasteiger partial charge on any atom is -0.294 e. The summed E-state index contributed by atoms with van der Waals surface area (Å²) < 4.78 is 40.1. The average Bonchev–Trinajstić information content (AvgIpc) is 2.77. The molecule has 1 heterocycles. The van der Waals surface area contributed by atoms with E-state index in [0.717, 1.165) is 30.7 Å². The molecule has 1 aromatic heterocycles. The Hall–Kier alpha value is -1.77. The number of carbonyl (C=O) groups excluding carboxylic acids is 1. The van der Waals surface area contributed by atoms with Gasteiger partial charge in [-0.15, -0.1) is 11.8 Å². The Morgan fingerprint density at radius 1 is 1.13 bits per heavy atom. The van der Waals surface area contributed by atoms with Gasteiger partial charge < -0.3 is 0 Å². The first-order valence-electron chi connectivity index (χ1n) is 10.2. The summed E-state index contributed by atoms with van der Waals surface area (Å²) in [5.74, 6) is 0.313. The molecule has 1 aliphatic carbocycles. The number of pyridine rings is 1. The predicted octanol–water partition coefficient (Wildman–Crippen LogP) is 4.93. The number of ketones is 1. The van der Waals surface area contributed by atoms with Crippen LogP contribution in [0.15, 0.2) is 52.5 Å². The molecule has 1 aromatic carbocycles. The van der Waals surface area contributed by atoms with Gasteiger partial charge in [-0.1, -0.05) is 19.3 Å². The summed E-state index contributed by atoms with van der Waals surface area (Å²) in [6.07, 6.45) is 7.59. The monoisotopic (exact) mass is 450 g/mol. The lowest BCUT2D eigenvalue weighted by Gasteiger charge is -2.30. The van der Waals surface area contributed by atoms with E-state index in [1.165, 1.54) is 53.0 Å². The molecule has 0 N–H and O–H groups in total. The highest BCUT2D eigenvalue weighted by Crippen LogP contribution is 2.27. The highest BCUT2D eigenvalue weighted by molar-refractivity contribution is 7.99. The molecule has 2 aromatic rings. The summed E-state index contributed by atoms with van der Waals surface area (Å²) in [6.45, 7) is 0. The molecular weight excluding hydrogens is 423 g/mol. The van der Waals surface area contributed by atoms with Crippen molar-refractivity contribution in [2.75, 3.05) is 12.8 Å². The molecular formula is C22H27FN2O3S2. The summed E-state index contributed by atoms with van der Waals surface area (Å²) in [7, 11) is -1.88. The molecule has 0 radical (unpaired) electrons. The van der Waals surface area contributed by atoms with Gasteiger partial charge in [0.2, 0.25) is 10.0 Å². The highest BCUT2D eigenvalue weighted by Gasteiger charge is 2.29. The molecule has 1 saturated carbocycles. The summed E-state index contributed by atoms with van der Waals surface area (Å²) in [5, 5.41) is 0.725. The minimum atomic E-state index is -3.54. The van der Waals surface area contributed by atoms with E-state index in [2.05, 4.69) is 4.98 Å². The lowest BCUT2D eigenvalue weighted by molar-refractivity contribution is 0.0982. The van der Waals surface area contributed by atoms with E-state index in [9.17, 15) is 17.6 Å². The zero-order chi connectivity index (χ0) is 21.6. The number of carbonyl (C=O) groups is 1. The van der Waals surface area contributed by atoms with Crippen LogP contribution in [0.3, 0.4) is 0 Å². The quantitative estimate of drug-likeness (QED) is 0.308. The van der Waals surface area contributed by atoms with Crippen molar-refractivity contribution in [1.29, 1.82) is 0 Å². The molecule has 30 heavy (non-hydrogen) atoms. The minimum absolute atomic E-state index is 0.0178. The van der Waals surface area contributed by atoms with E-state index < -0.39 is 10.0 Å². The van der Waals surface area contributed by atoms with Crippen molar-refractivity contribution < 1.29 is 17.6 Å². The maximum Gasteiger partial charge on any atom is 0.244 e. The van der Waals surface area contributed by atoms with Crippen LogP contribution in [-0.4, -0.2) is 42.3 Å². The number of hydrogen-bond donors (Lipinski definition) is 0. The van der Waals surface area contributed by atoms with E-state index in [4.69, 9.17) is 0 Å². The molecule has 0 atom stereocenters. The topological polar surface area (TPSA) is 67.3 Å². The molecule has 3 rings (SSSR count). The van der Waals surface area contributed by atoms with Gasteiger partial charge in [-0.05, 0) is 61.4 Å². The Morgan fingerprint density at radius 3 is 2.47 bits per heavy atom. The maximum absolute atomic E-state index is 12.9. The summed E-state index contributed by atoms with van der Waals surface area (Å²) >= 11 is 1.48. The first-order chi connectivity index (χ1) is 14.4. The average molecular weight is 451 g/mol. The maximum atomic E-state index is 12.9. The van der Waals surface area contributed by atoms with Gasteiger partial charge in [0.05, 0.1) is 5.03 Å². The van der Waals surface area contributed by atoms with E-state index in [1.807, 2.05) is 0 Å². The molecule has 8 heteroatoms. The Morgan fingerprint density at radius 2 is 1.83 bits per heavy atom. The van der Waals surface area contributed by atoms with E-state index in [0.29, 0.717) is 24.2 Å². The van der Waals surface area contributed by atoms with Crippen molar-refractivity contribution in [3.63, 3.8) is 0 Å². The first-order valence-corrected chi connectivity index (χ1v) is 12.7. The van der Waals surface area contributed by atoms with Crippen LogP contribution in [0, 0.1) is 5.82 Å². The Labute approximate surface area is 182 Å². The van der Waals surface area contributed by atoms with Gasteiger partial charge >= 0.3 is 0 Å². The van der Waals surface area contributed by atoms with Gasteiger partial charge in [0.25, 0.3) is 0 Å². The zero-order valence-electron chi connectivity index (χ0n) is 17.1. The van der Waals surface area contributed by atoms with Crippen LogP contribution in [0.4, 0.5) is 4.39 Å². The summed E-state index contributed by atoms with van der Waals surface area (Å²) in [4.78, 5) is 16.6. The molecule has 0 spiro atoms. The second kappa shape index (κ2) is 10.5. The number of benzene rings is 1. The molecule has 0 amide bonds. The van der Waals surface area contributed by atoms with Crippen LogP contribution in [-0.2, 0) is 10.0 Å². The number of sulfonamides is 1. The fraction of sp³-hybridized carbons (Fsp3) is 0.455. The number of hydrogen-bond acceptors (Lipinski definition) is 5. The van der Waals surface area contributed by atoms with Gasteiger partial charge in [0.15, 0.2) is 5.78 Å². The molecule has 0 bridgehead atoms. The van der Waals surface area contributed by atoms with E-state index in [-0.39, 0.29) is 22.5 Å². The third-order valence-electron chi connectivity index (χ3n) is 5.44. The SMILES string of the molecule is CN(C1CCCCC1)S(=O)(=O)c1ccc(SCCCC(=O)c2ccc(F)cc2)nc1. The second-order valence-electron chi connectivity index (χ2n) is 7.53. The lowest BCUT2D eigenvalue weighted by atomic mass is 9.96. The van der Waals surface area contributed by atoms with Crippen LogP contribution in [0.5, 0.6) is 0 Å². The molecule has 0 unspecified atom stereocenters. The molecule has 1 fully saturated rings. The second-order valence-corrected chi connectivity index (χ2v) is 10.6. The third-order valence-corrected chi connectivity index (χ3v) is 8.36. The normalized spacial score (nSPS) is 15.4. The zero-order valence-corrected chi connectivity index (χ0v) is 18.7. The third kappa shape index (κ3) is 5.89. The van der Waals surface area contributed by atoms with Gasteiger partial charge in [0, 0.05) is 31.3 Å². The molecule has 0 saturated heterocycles. The lowest BCUT2D eigenvalue weighted by Crippen LogP contribution is -2.38. The van der Waals surface area contributed by atoms with Crippen molar-refractivity contribution in [3.8, 4) is 0 Å². The number of Topliss-reactive ketones (excluding diaryl/α,β-unsaturated/α-hetero) is 1. The van der Waals surface area contributed by atoms with Crippen LogP contribution >= 0.6 is 11.8 Å². The highest BCUT2D eigenvalue weighted by atomic mass is 32.2. The van der Waals surface area contributed by atoms with Crippen molar-refractivity contribution in [3.05, 3.63) is 54.0 Å². The van der Waals surface area contributed by atoms with Crippen molar-refractivity contribution in [1.82, 2.24) is 9.29 Å². The number of halogens is 1. The fourth-order valence-corrected chi connectivity index (χ4v) is 5.75. The predicted molar refractivity (Wildman–Crippen MR) is 117 cm³/mol. The van der Waals surface area contributed by atoms with Gasteiger partial charge in [-0.3, -0.25) is 4.79 Å². The molecule has 0 aliphatic heterocycles. The number of thioether (sulfide) groups is 1. The van der Waals surface area contributed by atoms with Crippen molar-refractivity contribution >= 4 is 27.6 Å². The van der Waals surface area contributed by atoms with Crippen LogP contribution in [0.2, 0.25) is 0 Å². The molecule has 1 aliphatic rings. The summed E-state index contributed by atoms with van der Waals surface area (Å²) in [6, 6.07) is 8.95.